The molecule has 2 aliphatic rings. The first kappa shape index (κ1) is 22.9. The third-order valence-corrected chi connectivity index (χ3v) is 5.88. The summed E-state index contributed by atoms with van der Waals surface area (Å²) in [7, 11) is 0. The van der Waals surface area contributed by atoms with E-state index in [1.165, 1.54) is 0 Å². The molecule has 2 amide bonds. The molecule has 2 aliphatic heterocycles. The van der Waals surface area contributed by atoms with Gasteiger partial charge in [0, 0.05) is 18.7 Å². The van der Waals surface area contributed by atoms with Gasteiger partial charge >= 0.3 is 0 Å². The minimum absolute atomic E-state index is 0.152. The summed E-state index contributed by atoms with van der Waals surface area (Å²) < 4.78 is 18.4. The largest absolute Gasteiger partial charge is 0.370 e. The molecule has 0 radical (unpaired) electrons. The summed E-state index contributed by atoms with van der Waals surface area (Å²) in [6.07, 6.45) is -0.330. The van der Waals surface area contributed by atoms with Crippen molar-refractivity contribution in [2.45, 2.75) is 43.9 Å². The average Bonchev–Trinajstić information content (AvgIpc) is 3.27. The van der Waals surface area contributed by atoms with E-state index in [0.717, 1.165) is 0 Å². The Morgan fingerprint density at radius 2 is 1.79 bits per heavy atom. The third kappa shape index (κ3) is 4.91. The Kier molecular flexibility index (Phi) is 6.47. The lowest BCUT2D eigenvalue weighted by molar-refractivity contribution is -0.190. The number of rotatable bonds is 7. The van der Waals surface area contributed by atoms with Crippen LogP contribution in [0.4, 0.5) is 0 Å². The van der Waals surface area contributed by atoms with Crippen molar-refractivity contribution in [1.29, 1.82) is 5.26 Å². The zero-order valence-electron chi connectivity index (χ0n) is 18.7. The Balaban J connectivity index is 1.38. The molecular formula is C25H27N3O5. The van der Waals surface area contributed by atoms with E-state index in [9.17, 15) is 14.9 Å². The molecule has 0 aliphatic carbocycles. The van der Waals surface area contributed by atoms with Gasteiger partial charge in [-0.25, -0.2) is 0 Å². The Hall–Kier alpha value is -3.25. The lowest BCUT2D eigenvalue weighted by Crippen LogP contribution is -2.46. The number of hydrogen-bond donors (Lipinski definition) is 2. The minimum atomic E-state index is -0.812. The predicted molar refractivity (Wildman–Crippen MR) is 119 cm³/mol. The van der Waals surface area contributed by atoms with Crippen LogP contribution in [-0.4, -0.2) is 55.1 Å². The van der Waals surface area contributed by atoms with Gasteiger partial charge in [0.2, 0.25) is 0 Å². The molecule has 2 aromatic rings. The number of carbonyl (C=O) groups excluding carboxylic acids is 2. The van der Waals surface area contributed by atoms with Crippen molar-refractivity contribution in [2.75, 3.05) is 19.7 Å². The first-order valence-electron chi connectivity index (χ1n) is 10.9. The zero-order chi connectivity index (χ0) is 23.5. The number of amides is 2. The van der Waals surface area contributed by atoms with Crippen LogP contribution in [0.25, 0.3) is 0 Å². The highest BCUT2D eigenvalue weighted by Crippen LogP contribution is 2.45. The van der Waals surface area contributed by atoms with Gasteiger partial charge < -0.3 is 24.8 Å². The van der Waals surface area contributed by atoms with Crippen LogP contribution in [-0.2, 0) is 14.2 Å². The van der Waals surface area contributed by atoms with E-state index in [4.69, 9.17) is 14.2 Å². The van der Waals surface area contributed by atoms with Crippen LogP contribution in [0, 0.1) is 11.3 Å². The van der Waals surface area contributed by atoms with Gasteiger partial charge in [-0.2, -0.15) is 5.26 Å². The van der Waals surface area contributed by atoms with Crippen molar-refractivity contribution in [2.24, 2.45) is 0 Å². The maximum Gasteiger partial charge on any atom is 0.252 e. The van der Waals surface area contributed by atoms with E-state index in [1.807, 2.05) is 38.1 Å². The molecule has 2 N–H and O–H groups in total. The van der Waals surface area contributed by atoms with Crippen LogP contribution in [0.15, 0.2) is 54.6 Å². The molecule has 8 nitrogen and oxygen atoms in total. The number of fused-ring (bicyclic) bond motifs is 1. The molecular weight excluding hydrogens is 422 g/mol. The second-order valence-electron chi connectivity index (χ2n) is 8.69. The molecule has 2 fully saturated rings. The molecule has 3 atom stereocenters. The first-order valence-corrected chi connectivity index (χ1v) is 10.9. The van der Waals surface area contributed by atoms with Gasteiger partial charge in [-0.1, -0.05) is 30.3 Å². The summed E-state index contributed by atoms with van der Waals surface area (Å²) in [6.45, 7) is 4.57. The maximum absolute atomic E-state index is 12.6. The molecule has 4 rings (SSSR count). The molecule has 0 unspecified atom stereocenters. The van der Waals surface area contributed by atoms with Crippen molar-refractivity contribution in [1.82, 2.24) is 10.6 Å². The van der Waals surface area contributed by atoms with Gasteiger partial charge in [0.25, 0.3) is 11.8 Å². The Morgan fingerprint density at radius 3 is 2.55 bits per heavy atom. The van der Waals surface area contributed by atoms with E-state index in [0.29, 0.717) is 29.7 Å². The topological polar surface area (TPSA) is 110 Å². The number of nitrogens with one attached hydrogen (secondary N) is 2. The smallest absolute Gasteiger partial charge is 0.252 e. The van der Waals surface area contributed by atoms with Crippen molar-refractivity contribution in [3.8, 4) is 6.07 Å². The summed E-state index contributed by atoms with van der Waals surface area (Å²) in [6, 6.07) is 17.7. The van der Waals surface area contributed by atoms with E-state index in [1.54, 1.807) is 36.4 Å². The van der Waals surface area contributed by atoms with E-state index >= 15 is 0 Å². The number of hydrogen-bond acceptors (Lipinski definition) is 6. The van der Waals surface area contributed by atoms with Gasteiger partial charge in [-0.3, -0.25) is 9.59 Å². The summed E-state index contributed by atoms with van der Waals surface area (Å²) in [5, 5.41) is 15.0. The molecule has 0 bridgehead atoms. The fraction of sp³-hybridized carbons (Fsp3) is 0.400. The molecule has 0 saturated carbocycles. The van der Waals surface area contributed by atoms with Crippen LogP contribution in [0.3, 0.4) is 0 Å². The molecule has 2 heterocycles. The van der Waals surface area contributed by atoms with Gasteiger partial charge in [0.15, 0.2) is 5.79 Å². The second kappa shape index (κ2) is 9.32. The molecule has 2 saturated heterocycles. The van der Waals surface area contributed by atoms with Crippen molar-refractivity contribution < 1.29 is 23.8 Å². The number of nitriles is 1. The van der Waals surface area contributed by atoms with Crippen molar-refractivity contribution in [3.05, 3.63) is 71.3 Å². The second-order valence-corrected chi connectivity index (χ2v) is 8.69. The molecule has 172 valence electrons. The Morgan fingerprint density at radius 1 is 1.06 bits per heavy atom. The number of ether oxygens (including phenoxy) is 3. The normalized spacial score (nSPS) is 25.1. The van der Waals surface area contributed by atoms with Crippen LogP contribution >= 0.6 is 0 Å². The summed E-state index contributed by atoms with van der Waals surface area (Å²) in [5.41, 5.74) is 0.494. The van der Waals surface area contributed by atoms with E-state index < -0.39 is 23.6 Å². The standard InChI is InChI=1S/C25H27N3O5/c1-24(2)32-21-20(15-28-23(30)19-11-7-6-10-18(19)14-26)31-16-25(21,33-24)12-13-27-22(29)17-8-4-3-5-9-17/h3-11,20-21H,12-13,15-16H2,1-2H3,(H,27,29)(H,28,30)/t20-,21-,25+/m1/s1. The number of nitrogens with zero attached hydrogens (tertiary/aromatic N) is 1. The van der Waals surface area contributed by atoms with Crippen LogP contribution < -0.4 is 10.6 Å². The molecule has 0 aromatic heterocycles. The van der Waals surface area contributed by atoms with E-state index in [2.05, 4.69) is 10.6 Å². The number of carbonyl (C=O) groups is 2. The van der Waals surface area contributed by atoms with E-state index in [-0.39, 0.29) is 25.0 Å². The fourth-order valence-electron chi connectivity index (χ4n) is 4.42. The van der Waals surface area contributed by atoms with Crippen LogP contribution in [0.5, 0.6) is 0 Å². The van der Waals surface area contributed by atoms with Gasteiger partial charge in [0.05, 0.1) is 23.8 Å². The van der Waals surface area contributed by atoms with Gasteiger partial charge in [0.1, 0.15) is 17.8 Å². The maximum atomic E-state index is 12.6. The average molecular weight is 450 g/mol. The van der Waals surface area contributed by atoms with Crippen LogP contribution in [0.2, 0.25) is 0 Å². The highest BCUT2D eigenvalue weighted by molar-refractivity contribution is 5.96. The fourth-order valence-corrected chi connectivity index (χ4v) is 4.42. The number of benzene rings is 2. The zero-order valence-corrected chi connectivity index (χ0v) is 18.7. The highest BCUT2D eigenvalue weighted by atomic mass is 16.8. The molecule has 33 heavy (non-hydrogen) atoms. The lowest BCUT2D eigenvalue weighted by Gasteiger charge is -2.27. The van der Waals surface area contributed by atoms with Gasteiger partial charge in [-0.05, 0) is 44.5 Å². The first-order chi connectivity index (χ1) is 15.8. The summed E-state index contributed by atoms with van der Waals surface area (Å²) >= 11 is 0. The van der Waals surface area contributed by atoms with Crippen LogP contribution in [0.1, 0.15) is 46.5 Å². The van der Waals surface area contributed by atoms with Crippen molar-refractivity contribution in [3.63, 3.8) is 0 Å². The molecule has 0 spiro atoms. The van der Waals surface area contributed by atoms with Gasteiger partial charge in [-0.15, -0.1) is 0 Å². The molecule has 8 heteroatoms. The third-order valence-electron chi connectivity index (χ3n) is 5.88. The predicted octanol–water partition coefficient (Wildman–Crippen LogP) is 2.40. The Bertz CT molecular complexity index is 1070. The lowest BCUT2D eigenvalue weighted by atomic mass is 9.92. The Labute approximate surface area is 192 Å². The van der Waals surface area contributed by atoms with Crippen molar-refractivity contribution >= 4 is 11.8 Å². The quantitative estimate of drug-likeness (QED) is 0.672. The SMILES string of the molecule is CC1(C)O[C@@H]2[C@@H](CNC(=O)c3ccccc3C#N)OC[C@]2(CCNC(=O)c2ccccc2)O1. The highest BCUT2D eigenvalue weighted by Gasteiger charge is 2.60. The minimum Gasteiger partial charge on any atom is -0.370 e. The monoisotopic (exact) mass is 449 g/mol. The summed E-state index contributed by atoms with van der Waals surface area (Å²) in [4.78, 5) is 25.0. The summed E-state index contributed by atoms with van der Waals surface area (Å²) in [5.74, 6) is -1.31. The molecule has 2 aromatic carbocycles.